The number of sulfonamides is 1. The Bertz CT molecular complexity index is 1540. The largest absolute Gasteiger partial charge is 0.443 e. The molecule has 2 heterocycles. The molecule has 1 amide bonds. The molecular formula is C28H31N3O5S. The summed E-state index contributed by atoms with van der Waals surface area (Å²) in [6.07, 6.45) is 1.37. The smallest absolute Gasteiger partial charge is 0.268 e. The summed E-state index contributed by atoms with van der Waals surface area (Å²) in [4.78, 5) is 19.4. The number of hydrogen-bond acceptors (Lipinski definition) is 6. The van der Waals surface area contributed by atoms with Crippen LogP contribution in [-0.4, -0.2) is 30.0 Å². The van der Waals surface area contributed by atoms with Gasteiger partial charge in [-0.3, -0.25) is 4.79 Å². The molecule has 2 N–H and O–H groups in total. The van der Waals surface area contributed by atoms with Gasteiger partial charge in [0, 0.05) is 11.1 Å². The quantitative estimate of drug-likeness (QED) is 0.393. The Hall–Kier alpha value is -3.53. The molecule has 3 aromatic carbocycles. The molecule has 0 radical (unpaired) electrons. The molecule has 0 spiro atoms. The average molecular weight is 522 g/mol. The van der Waals surface area contributed by atoms with E-state index in [2.05, 4.69) is 9.71 Å². The van der Waals surface area contributed by atoms with E-state index in [0.29, 0.717) is 16.8 Å². The van der Waals surface area contributed by atoms with E-state index in [0.717, 1.165) is 11.1 Å². The Morgan fingerprint density at radius 2 is 1.70 bits per heavy atom. The molecule has 0 bridgehead atoms. The second-order valence-electron chi connectivity index (χ2n) is 9.65. The molecule has 37 heavy (non-hydrogen) atoms. The number of rotatable bonds is 5. The van der Waals surface area contributed by atoms with E-state index in [-0.39, 0.29) is 17.0 Å². The van der Waals surface area contributed by atoms with Gasteiger partial charge in [-0.2, -0.15) is 0 Å². The van der Waals surface area contributed by atoms with E-state index in [4.69, 9.17) is 4.42 Å². The Morgan fingerprint density at radius 3 is 2.38 bits per heavy atom. The number of anilines is 1. The van der Waals surface area contributed by atoms with Crippen molar-refractivity contribution in [1.82, 2.24) is 9.71 Å². The number of nitrogens with one attached hydrogen (secondary N) is 1. The third kappa shape index (κ3) is 4.90. The Balaban J connectivity index is 0.00000156. The summed E-state index contributed by atoms with van der Waals surface area (Å²) >= 11 is 0. The fourth-order valence-electron chi connectivity index (χ4n) is 4.39. The van der Waals surface area contributed by atoms with Crippen LogP contribution in [0.1, 0.15) is 51.3 Å². The predicted molar refractivity (Wildman–Crippen MR) is 143 cm³/mol. The third-order valence-electron chi connectivity index (χ3n) is 5.90. The Morgan fingerprint density at radius 1 is 1.03 bits per heavy atom. The van der Waals surface area contributed by atoms with Crippen molar-refractivity contribution >= 4 is 32.7 Å². The summed E-state index contributed by atoms with van der Waals surface area (Å²) in [7, 11) is -3.76. The third-order valence-corrected chi connectivity index (χ3v) is 7.67. The molecule has 1 aliphatic heterocycles. The number of hydrogen-bond donors (Lipinski definition) is 2. The standard InChI is InChI=1S/C26H25N3O5S.C2H6/c1-25(2,3)28-35(32,33)19-11-9-18(10-12-19)26(31)20-6-4-5-7-22(20)29(24(26)30)15-17-8-13-21-23(14-17)34-16-27-21;1-2/h4-14,16,28,31H,15H2,1-3H3;1-2H3. The number of aromatic nitrogens is 1. The van der Waals surface area contributed by atoms with Gasteiger partial charge in [-0.25, -0.2) is 18.1 Å². The van der Waals surface area contributed by atoms with E-state index < -0.39 is 27.1 Å². The highest BCUT2D eigenvalue weighted by Gasteiger charge is 2.51. The molecular weight excluding hydrogens is 490 g/mol. The first kappa shape index (κ1) is 26.5. The molecule has 1 unspecified atom stereocenters. The van der Waals surface area contributed by atoms with Crippen LogP contribution in [0, 0.1) is 0 Å². The molecule has 4 aromatic rings. The molecule has 1 aliphatic rings. The van der Waals surface area contributed by atoms with E-state index in [1.165, 1.54) is 35.6 Å². The van der Waals surface area contributed by atoms with Gasteiger partial charge in [-0.05, 0) is 62.2 Å². The number of benzene rings is 3. The number of carbonyl (C=O) groups excluding carboxylic acids is 1. The van der Waals surface area contributed by atoms with E-state index in [1.54, 1.807) is 45.0 Å². The van der Waals surface area contributed by atoms with Gasteiger partial charge in [0.2, 0.25) is 10.0 Å². The lowest BCUT2D eigenvalue weighted by atomic mass is 9.87. The molecule has 0 saturated heterocycles. The first-order chi connectivity index (χ1) is 17.5. The van der Waals surface area contributed by atoms with E-state index in [9.17, 15) is 18.3 Å². The van der Waals surface area contributed by atoms with Crippen molar-refractivity contribution in [1.29, 1.82) is 0 Å². The minimum Gasteiger partial charge on any atom is -0.443 e. The minimum atomic E-state index is -3.76. The summed E-state index contributed by atoms with van der Waals surface area (Å²) in [5, 5.41) is 11.8. The SMILES string of the molecule is CC.CC(C)(C)NS(=O)(=O)c1ccc(C2(O)C(=O)N(Cc3ccc4ncoc4c3)c3ccccc32)cc1. The maximum Gasteiger partial charge on any atom is 0.268 e. The van der Waals surface area contributed by atoms with Gasteiger partial charge in [-0.1, -0.05) is 50.2 Å². The van der Waals surface area contributed by atoms with Gasteiger partial charge in [0.1, 0.15) is 5.52 Å². The first-order valence-corrected chi connectivity index (χ1v) is 13.6. The highest BCUT2D eigenvalue weighted by Crippen LogP contribution is 2.45. The minimum absolute atomic E-state index is 0.0516. The van der Waals surface area contributed by atoms with Crippen molar-refractivity contribution in [3.8, 4) is 0 Å². The number of nitrogens with zero attached hydrogens (tertiary/aromatic N) is 2. The van der Waals surface area contributed by atoms with Crippen LogP contribution in [0.5, 0.6) is 0 Å². The van der Waals surface area contributed by atoms with Gasteiger partial charge >= 0.3 is 0 Å². The fraction of sp³-hybridized carbons (Fsp3) is 0.286. The van der Waals surface area contributed by atoms with Crippen LogP contribution < -0.4 is 9.62 Å². The molecule has 1 aromatic heterocycles. The summed E-state index contributed by atoms with van der Waals surface area (Å²) in [6, 6.07) is 18.3. The maximum atomic E-state index is 13.7. The number of amides is 1. The molecule has 0 saturated carbocycles. The van der Waals surface area contributed by atoms with Gasteiger partial charge in [0.25, 0.3) is 5.91 Å². The number of para-hydroxylation sites is 1. The van der Waals surface area contributed by atoms with Crippen LogP contribution in [0.3, 0.4) is 0 Å². The van der Waals surface area contributed by atoms with Gasteiger partial charge < -0.3 is 14.4 Å². The van der Waals surface area contributed by atoms with Crippen molar-refractivity contribution < 1.29 is 22.7 Å². The second-order valence-corrected chi connectivity index (χ2v) is 11.3. The van der Waals surface area contributed by atoms with E-state index >= 15 is 0 Å². The second kappa shape index (κ2) is 9.74. The van der Waals surface area contributed by atoms with Crippen molar-refractivity contribution in [2.75, 3.05) is 4.90 Å². The van der Waals surface area contributed by atoms with Gasteiger partial charge in [0.05, 0.1) is 17.1 Å². The molecule has 0 fully saturated rings. The highest BCUT2D eigenvalue weighted by atomic mass is 32.2. The zero-order chi connectivity index (χ0) is 27.0. The molecule has 0 aliphatic carbocycles. The summed E-state index contributed by atoms with van der Waals surface area (Å²) in [6.45, 7) is 9.48. The molecule has 194 valence electrons. The Kier molecular flexibility index (Phi) is 6.98. The van der Waals surface area contributed by atoms with Crippen molar-refractivity contribution in [2.45, 2.75) is 57.2 Å². The monoisotopic (exact) mass is 521 g/mol. The van der Waals surface area contributed by atoms with Crippen LogP contribution >= 0.6 is 0 Å². The molecule has 9 heteroatoms. The van der Waals surface area contributed by atoms with Crippen LogP contribution in [0.2, 0.25) is 0 Å². The molecule has 8 nitrogen and oxygen atoms in total. The molecule has 5 rings (SSSR count). The highest BCUT2D eigenvalue weighted by molar-refractivity contribution is 7.89. The van der Waals surface area contributed by atoms with Crippen LogP contribution in [0.4, 0.5) is 5.69 Å². The zero-order valence-electron chi connectivity index (χ0n) is 21.5. The first-order valence-electron chi connectivity index (χ1n) is 12.1. The maximum absolute atomic E-state index is 13.7. The average Bonchev–Trinajstić information content (AvgIpc) is 3.42. The van der Waals surface area contributed by atoms with Crippen molar-refractivity contribution in [3.05, 3.63) is 89.8 Å². The number of fused-ring (bicyclic) bond motifs is 2. The number of aliphatic hydroxyl groups is 1. The Labute approximate surface area is 217 Å². The topological polar surface area (TPSA) is 113 Å². The van der Waals surface area contributed by atoms with E-state index in [1.807, 2.05) is 32.0 Å². The lowest BCUT2D eigenvalue weighted by Crippen LogP contribution is -2.41. The van der Waals surface area contributed by atoms with Gasteiger partial charge in [-0.15, -0.1) is 0 Å². The number of carbonyl (C=O) groups is 1. The van der Waals surface area contributed by atoms with Gasteiger partial charge in [0.15, 0.2) is 17.6 Å². The number of oxazole rings is 1. The summed E-state index contributed by atoms with van der Waals surface area (Å²) in [5.74, 6) is -0.514. The van der Waals surface area contributed by atoms with Crippen LogP contribution in [0.15, 0.2) is 82.4 Å². The summed E-state index contributed by atoms with van der Waals surface area (Å²) in [5.41, 5.74) is 0.859. The summed E-state index contributed by atoms with van der Waals surface area (Å²) < 4.78 is 33.4. The van der Waals surface area contributed by atoms with Crippen LogP contribution in [-0.2, 0) is 27.0 Å². The van der Waals surface area contributed by atoms with Crippen molar-refractivity contribution in [2.24, 2.45) is 0 Å². The fourth-order valence-corrected chi connectivity index (χ4v) is 5.81. The lowest BCUT2D eigenvalue weighted by Gasteiger charge is -2.24. The normalized spacial score (nSPS) is 17.5. The molecule has 1 atom stereocenters. The van der Waals surface area contributed by atoms with Crippen molar-refractivity contribution in [3.63, 3.8) is 0 Å². The van der Waals surface area contributed by atoms with Crippen LogP contribution in [0.25, 0.3) is 11.1 Å². The zero-order valence-corrected chi connectivity index (χ0v) is 22.3. The predicted octanol–water partition coefficient (Wildman–Crippen LogP) is 4.71. The lowest BCUT2D eigenvalue weighted by molar-refractivity contribution is -0.132.